The van der Waals surface area contributed by atoms with Crippen molar-refractivity contribution in [2.75, 3.05) is 19.1 Å². The second-order valence-corrected chi connectivity index (χ2v) is 9.21. The Morgan fingerprint density at radius 2 is 1.72 bits per heavy atom. The zero-order valence-electron chi connectivity index (χ0n) is 18.1. The molecule has 1 atom stereocenters. The van der Waals surface area contributed by atoms with Crippen LogP contribution < -0.4 is 10.6 Å². The van der Waals surface area contributed by atoms with Crippen LogP contribution in [-0.2, 0) is 20.4 Å². The van der Waals surface area contributed by atoms with Crippen molar-refractivity contribution >= 4 is 17.6 Å². The lowest BCUT2D eigenvalue weighted by molar-refractivity contribution is -0.119. The largest absolute Gasteiger partial charge is 0.464 e. The number of hydrogen-bond acceptors (Lipinski definition) is 4. The van der Waals surface area contributed by atoms with Crippen LogP contribution in [-0.4, -0.2) is 31.0 Å². The fourth-order valence-corrected chi connectivity index (χ4v) is 4.08. The Morgan fingerprint density at radius 1 is 1.10 bits per heavy atom. The molecule has 29 heavy (non-hydrogen) atoms. The third kappa shape index (κ3) is 3.81. The second-order valence-electron chi connectivity index (χ2n) is 9.21. The van der Waals surface area contributed by atoms with Crippen molar-refractivity contribution in [3.63, 3.8) is 0 Å². The van der Waals surface area contributed by atoms with E-state index in [1.165, 1.54) is 23.1 Å². The molecule has 3 rings (SSSR count). The monoisotopic (exact) mass is 397 g/mol. The summed E-state index contributed by atoms with van der Waals surface area (Å²) in [7, 11) is 2.96. The minimum absolute atomic E-state index is 0.0472. The number of anilines is 1. The number of carbonyl (C=O) groups is 2. The third-order valence-corrected chi connectivity index (χ3v) is 6.29. The predicted octanol–water partition coefficient (Wildman–Crippen LogP) is 3.81. The molecule has 1 aromatic carbocycles. The van der Waals surface area contributed by atoms with Gasteiger partial charge in [-0.25, -0.2) is 4.79 Å². The van der Waals surface area contributed by atoms with Gasteiger partial charge in [0.2, 0.25) is 5.91 Å². The number of nitrogens with one attached hydrogen (secondary N) is 1. The Kier molecular flexibility index (Phi) is 5.34. The highest BCUT2D eigenvalue weighted by molar-refractivity contribution is 5.98. The molecule has 6 nitrogen and oxygen atoms in total. The normalized spacial score (nSPS) is 17.9. The molecule has 2 aromatic rings. The van der Waals surface area contributed by atoms with Crippen molar-refractivity contribution in [3.05, 3.63) is 52.8 Å². The summed E-state index contributed by atoms with van der Waals surface area (Å²) in [6.07, 6.45) is 3.82. The second kappa shape index (κ2) is 7.34. The van der Waals surface area contributed by atoms with E-state index in [-0.39, 0.29) is 22.4 Å². The van der Waals surface area contributed by atoms with Crippen LogP contribution in [0.3, 0.4) is 0 Å². The van der Waals surface area contributed by atoms with Crippen LogP contribution in [0.2, 0.25) is 0 Å². The number of ether oxygens (including phenoxy) is 1. The van der Waals surface area contributed by atoms with Gasteiger partial charge < -0.3 is 20.4 Å². The van der Waals surface area contributed by atoms with Gasteiger partial charge in [0.05, 0.1) is 12.8 Å². The maximum atomic E-state index is 13.0. The maximum Gasteiger partial charge on any atom is 0.354 e. The van der Waals surface area contributed by atoms with Crippen LogP contribution in [0.1, 0.15) is 73.8 Å². The van der Waals surface area contributed by atoms with Gasteiger partial charge in [-0.15, -0.1) is 0 Å². The fourth-order valence-electron chi connectivity index (χ4n) is 4.08. The quantitative estimate of drug-likeness (QED) is 0.768. The van der Waals surface area contributed by atoms with Gasteiger partial charge in [-0.05, 0) is 46.4 Å². The number of methoxy groups -OCH3 is 1. The molecule has 0 fully saturated rings. The van der Waals surface area contributed by atoms with E-state index in [1.807, 2.05) is 6.07 Å². The number of fused-ring (bicyclic) bond motifs is 1. The maximum absolute atomic E-state index is 13.0. The molecule has 1 unspecified atom stereocenters. The van der Waals surface area contributed by atoms with Crippen molar-refractivity contribution < 1.29 is 14.3 Å². The lowest BCUT2D eigenvalue weighted by Crippen LogP contribution is -2.37. The van der Waals surface area contributed by atoms with Crippen molar-refractivity contribution in [1.29, 1.82) is 0 Å². The van der Waals surface area contributed by atoms with E-state index in [1.54, 1.807) is 19.3 Å². The van der Waals surface area contributed by atoms with Crippen molar-refractivity contribution in [3.8, 4) is 0 Å². The first-order valence-corrected chi connectivity index (χ1v) is 9.93. The van der Waals surface area contributed by atoms with Gasteiger partial charge in [0.25, 0.3) is 0 Å². The topological polar surface area (TPSA) is 88.4 Å². The minimum atomic E-state index is -0.789. The Balaban J connectivity index is 1.88. The number of benzene rings is 1. The molecule has 1 aliphatic rings. The molecule has 6 heteroatoms. The van der Waals surface area contributed by atoms with Crippen LogP contribution in [0.5, 0.6) is 0 Å². The third-order valence-electron chi connectivity index (χ3n) is 6.29. The molecular weight excluding hydrogens is 366 g/mol. The highest BCUT2D eigenvalue weighted by Crippen LogP contribution is 2.46. The number of hydrogen-bond donors (Lipinski definition) is 2. The molecule has 1 heterocycles. The number of aromatic amines is 1. The van der Waals surface area contributed by atoms with Gasteiger partial charge in [-0.3, -0.25) is 4.79 Å². The summed E-state index contributed by atoms with van der Waals surface area (Å²) >= 11 is 0. The number of aromatic nitrogens is 1. The number of carbonyl (C=O) groups excluding carboxylic acids is 2. The molecule has 3 N–H and O–H groups in total. The fraction of sp³-hybridized carbons (Fsp3) is 0.478. The van der Waals surface area contributed by atoms with Gasteiger partial charge in [-0.1, -0.05) is 45.9 Å². The van der Waals surface area contributed by atoms with Crippen molar-refractivity contribution in [2.24, 2.45) is 5.73 Å². The van der Waals surface area contributed by atoms with E-state index in [2.05, 4.69) is 44.8 Å². The number of H-pyrrole nitrogens is 1. The molecular formula is C23H31N3O3. The average molecular weight is 398 g/mol. The number of esters is 1. The first kappa shape index (κ1) is 21.1. The summed E-state index contributed by atoms with van der Waals surface area (Å²) in [5.41, 5.74) is 10.8. The lowest BCUT2D eigenvalue weighted by Gasteiger charge is -2.42. The summed E-state index contributed by atoms with van der Waals surface area (Å²) in [4.78, 5) is 28.9. The molecule has 0 radical (unpaired) electrons. The van der Waals surface area contributed by atoms with Gasteiger partial charge in [0.15, 0.2) is 0 Å². The van der Waals surface area contributed by atoms with Gasteiger partial charge >= 0.3 is 5.97 Å². The highest BCUT2D eigenvalue weighted by Gasteiger charge is 2.37. The summed E-state index contributed by atoms with van der Waals surface area (Å²) in [5, 5.41) is 0. The van der Waals surface area contributed by atoms with E-state index >= 15 is 0 Å². The Hall–Kier alpha value is -2.60. The molecule has 1 amide bonds. The first-order valence-electron chi connectivity index (χ1n) is 9.93. The molecule has 1 aromatic heterocycles. The zero-order chi connectivity index (χ0) is 21.6. The molecule has 1 aliphatic carbocycles. The zero-order valence-corrected chi connectivity index (χ0v) is 18.1. The number of likely N-dealkylation sites (N-methyl/N-ethyl adjacent to an activating group) is 1. The van der Waals surface area contributed by atoms with Gasteiger partial charge in [-0.2, -0.15) is 0 Å². The Labute approximate surface area is 172 Å². The Bertz CT molecular complexity index is 943. The summed E-state index contributed by atoms with van der Waals surface area (Å²) in [6.45, 7) is 9.03. The SMILES string of the molecule is COC(=O)c1cc(N(C)C(=O)C(N)c2ccc3c(c2)C(C)(C)CCC3(C)C)c[nH]1. The summed E-state index contributed by atoms with van der Waals surface area (Å²) in [5.74, 6) is -0.728. The molecule has 0 spiro atoms. The standard InChI is InChI=1S/C23H31N3O3/c1-22(2)9-10-23(3,4)17-11-14(7-8-16(17)22)19(24)20(27)26(5)15-12-18(25-13-15)21(28)29-6/h7-8,11-13,19,25H,9-10,24H2,1-6H3. The number of nitrogens with zero attached hydrogens (tertiary/aromatic N) is 1. The average Bonchev–Trinajstić information content (AvgIpc) is 3.19. The van der Waals surface area contributed by atoms with Crippen molar-refractivity contribution in [2.45, 2.75) is 57.4 Å². The summed E-state index contributed by atoms with van der Waals surface area (Å²) in [6, 6.07) is 6.99. The molecule has 156 valence electrons. The molecule has 0 saturated heterocycles. The Morgan fingerprint density at radius 3 is 2.34 bits per heavy atom. The van der Waals surface area contributed by atoms with Crippen LogP contribution in [0, 0.1) is 0 Å². The number of amides is 1. The van der Waals surface area contributed by atoms with Gasteiger partial charge in [0, 0.05) is 13.2 Å². The van der Waals surface area contributed by atoms with Crippen LogP contribution in [0.15, 0.2) is 30.5 Å². The number of nitrogens with two attached hydrogens (primary N) is 1. The van der Waals surface area contributed by atoms with Crippen LogP contribution in [0.25, 0.3) is 0 Å². The molecule has 0 bridgehead atoms. The van der Waals surface area contributed by atoms with Crippen molar-refractivity contribution in [1.82, 2.24) is 4.98 Å². The van der Waals surface area contributed by atoms with E-state index in [0.717, 1.165) is 18.4 Å². The minimum Gasteiger partial charge on any atom is -0.464 e. The number of rotatable bonds is 4. The van der Waals surface area contributed by atoms with Crippen LogP contribution in [0.4, 0.5) is 5.69 Å². The van der Waals surface area contributed by atoms with E-state index in [4.69, 9.17) is 10.5 Å². The molecule has 0 aliphatic heterocycles. The predicted molar refractivity (Wildman–Crippen MR) is 114 cm³/mol. The smallest absolute Gasteiger partial charge is 0.354 e. The highest BCUT2D eigenvalue weighted by atomic mass is 16.5. The molecule has 0 saturated carbocycles. The summed E-state index contributed by atoms with van der Waals surface area (Å²) < 4.78 is 4.70. The van der Waals surface area contributed by atoms with Gasteiger partial charge in [0.1, 0.15) is 11.7 Å². The van der Waals surface area contributed by atoms with E-state index in [0.29, 0.717) is 5.69 Å². The first-order chi connectivity index (χ1) is 13.5. The van der Waals surface area contributed by atoms with Crippen LogP contribution >= 0.6 is 0 Å². The lowest BCUT2D eigenvalue weighted by atomic mass is 9.63. The van der Waals surface area contributed by atoms with E-state index in [9.17, 15) is 9.59 Å². The van der Waals surface area contributed by atoms with E-state index < -0.39 is 12.0 Å².